The minimum absolute atomic E-state index is 0.771. The largest absolute Gasteiger partial charge is 0.497 e. The first-order valence-electron chi connectivity index (χ1n) is 3.72. The van der Waals surface area contributed by atoms with Gasteiger partial charge >= 0.3 is 0 Å². The van der Waals surface area contributed by atoms with E-state index in [9.17, 15) is 0 Å². The molecule has 66 valence electrons. The second-order valence-corrected chi connectivity index (χ2v) is 2.21. The molecule has 0 saturated carbocycles. The minimum atomic E-state index is 0.771. The number of rotatable bonds is 4. The average molecular weight is 165 g/mol. The van der Waals surface area contributed by atoms with Crippen LogP contribution in [0.2, 0.25) is 0 Å². The maximum Gasteiger partial charge on any atom is 0.118 e. The SMILES string of the molecule is C=C/C=C(/C=C/C(C)=NC)OC. The molecule has 0 spiro atoms. The van der Waals surface area contributed by atoms with Gasteiger partial charge in [-0.3, -0.25) is 4.99 Å². The van der Waals surface area contributed by atoms with Crippen LogP contribution in [0.25, 0.3) is 0 Å². The molecule has 0 aliphatic heterocycles. The van der Waals surface area contributed by atoms with Crippen molar-refractivity contribution in [2.24, 2.45) is 4.99 Å². The van der Waals surface area contributed by atoms with Crippen LogP contribution in [0.4, 0.5) is 0 Å². The molecular formula is C10H15NO. The standard InChI is InChI=1S/C10H15NO/c1-5-6-10(12-4)8-7-9(2)11-3/h5-8H,1H2,2-4H3/b8-7+,10-6-,11-9?. The van der Waals surface area contributed by atoms with Gasteiger partial charge in [0.2, 0.25) is 0 Å². The van der Waals surface area contributed by atoms with Crippen molar-refractivity contribution in [3.05, 3.63) is 36.6 Å². The lowest BCUT2D eigenvalue weighted by Gasteiger charge is -1.97. The molecule has 0 atom stereocenters. The summed E-state index contributed by atoms with van der Waals surface area (Å²) >= 11 is 0. The predicted molar refractivity (Wildman–Crippen MR) is 53.5 cm³/mol. The fourth-order valence-corrected chi connectivity index (χ4v) is 0.585. The van der Waals surface area contributed by atoms with Crippen molar-refractivity contribution < 1.29 is 4.74 Å². The molecule has 0 radical (unpaired) electrons. The van der Waals surface area contributed by atoms with Crippen molar-refractivity contribution in [2.75, 3.05) is 14.2 Å². The summed E-state index contributed by atoms with van der Waals surface area (Å²) in [5.41, 5.74) is 0.960. The molecule has 0 saturated heterocycles. The Morgan fingerprint density at radius 1 is 1.42 bits per heavy atom. The number of aliphatic imine (C=N–C) groups is 1. The summed E-state index contributed by atoms with van der Waals surface area (Å²) in [6, 6.07) is 0. The van der Waals surface area contributed by atoms with Gasteiger partial charge in [0, 0.05) is 12.8 Å². The Bertz CT molecular complexity index is 224. The van der Waals surface area contributed by atoms with Crippen molar-refractivity contribution in [1.29, 1.82) is 0 Å². The fourth-order valence-electron chi connectivity index (χ4n) is 0.585. The van der Waals surface area contributed by atoms with Crippen LogP contribution in [0.3, 0.4) is 0 Å². The van der Waals surface area contributed by atoms with Crippen molar-refractivity contribution >= 4 is 5.71 Å². The van der Waals surface area contributed by atoms with Crippen LogP contribution in [0.1, 0.15) is 6.92 Å². The molecule has 0 aromatic carbocycles. The normalized spacial score (nSPS) is 13.6. The Hall–Kier alpha value is -1.31. The van der Waals surface area contributed by atoms with Crippen molar-refractivity contribution in [1.82, 2.24) is 0 Å². The molecule has 0 aliphatic carbocycles. The highest BCUT2D eigenvalue weighted by Gasteiger charge is 1.86. The van der Waals surface area contributed by atoms with Crippen LogP contribution in [-0.2, 0) is 4.74 Å². The summed E-state index contributed by atoms with van der Waals surface area (Å²) in [6.07, 6.45) is 7.21. The zero-order valence-corrected chi connectivity index (χ0v) is 7.87. The molecule has 0 bridgehead atoms. The van der Waals surface area contributed by atoms with Gasteiger partial charge in [-0.2, -0.15) is 0 Å². The average Bonchev–Trinajstić information content (AvgIpc) is 2.11. The Balaban J connectivity index is 4.30. The van der Waals surface area contributed by atoms with Gasteiger partial charge in [0.05, 0.1) is 7.11 Å². The summed E-state index contributed by atoms with van der Waals surface area (Å²) in [5, 5.41) is 0. The van der Waals surface area contributed by atoms with Crippen LogP contribution in [0, 0.1) is 0 Å². The van der Waals surface area contributed by atoms with E-state index in [1.54, 1.807) is 26.3 Å². The summed E-state index contributed by atoms with van der Waals surface area (Å²) in [5.74, 6) is 0.771. The summed E-state index contributed by atoms with van der Waals surface area (Å²) in [6.45, 7) is 5.50. The molecule has 0 aliphatic rings. The van der Waals surface area contributed by atoms with E-state index in [1.807, 2.05) is 19.1 Å². The third-order valence-electron chi connectivity index (χ3n) is 1.36. The Kier molecular flexibility index (Phi) is 5.70. The Labute approximate surface area is 74.0 Å². The first-order valence-corrected chi connectivity index (χ1v) is 3.72. The molecule has 0 fully saturated rings. The lowest BCUT2D eigenvalue weighted by atomic mass is 10.3. The van der Waals surface area contributed by atoms with Crippen molar-refractivity contribution in [3.63, 3.8) is 0 Å². The highest BCUT2D eigenvalue weighted by Crippen LogP contribution is 1.97. The second kappa shape index (κ2) is 6.40. The highest BCUT2D eigenvalue weighted by molar-refractivity contribution is 5.92. The van der Waals surface area contributed by atoms with Crippen LogP contribution in [-0.4, -0.2) is 19.9 Å². The number of methoxy groups -OCH3 is 1. The fraction of sp³-hybridized carbons (Fsp3) is 0.300. The molecule has 12 heavy (non-hydrogen) atoms. The van der Waals surface area contributed by atoms with E-state index in [0.717, 1.165) is 11.5 Å². The van der Waals surface area contributed by atoms with Gasteiger partial charge in [0.15, 0.2) is 0 Å². The predicted octanol–water partition coefficient (Wildman–Crippen LogP) is 2.35. The summed E-state index contributed by atoms with van der Waals surface area (Å²) in [7, 11) is 3.38. The van der Waals surface area contributed by atoms with Gasteiger partial charge in [-0.25, -0.2) is 0 Å². The third-order valence-corrected chi connectivity index (χ3v) is 1.36. The van der Waals surface area contributed by atoms with E-state index in [1.165, 1.54) is 0 Å². The van der Waals surface area contributed by atoms with E-state index in [4.69, 9.17) is 4.74 Å². The monoisotopic (exact) mass is 165 g/mol. The van der Waals surface area contributed by atoms with Crippen molar-refractivity contribution in [3.8, 4) is 0 Å². The molecule has 2 heteroatoms. The zero-order chi connectivity index (χ0) is 9.40. The van der Waals surface area contributed by atoms with Crippen LogP contribution >= 0.6 is 0 Å². The van der Waals surface area contributed by atoms with Crippen LogP contribution in [0.5, 0.6) is 0 Å². The molecule has 0 rings (SSSR count). The Morgan fingerprint density at radius 3 is 2.50 bits per heavy atom. The number of ether oxygens (including phenoxy) is 1. The van der Waals surface area contributed by atoms with Gasteiger partial charge in [0.25, 0.3) is 0 Å². The van der Waals surface area contributed by atoms with Gasteiger partial charge in [-0.1, -0.05) is 12.7 Å². The summed E-state index contributed by atoms with van der Waals surface area (Å²) < 4.78 is 5.03. The van der Waals surface area contributed by atoms with Gasteiger partial charge in [-0.05, 0) is 25.2 Å². The lowest BCUT2D eigenvalue weighted by Crippen LogP contribution is -1.85. The van der Waals surface area contributed by atoms with Crippen LogP contribution < -0.4 is 0 Å². The lowest BCUT2D eigenvalue weighted by molar-refractivity contribution is 0.307. The highest BCUT2D eigenvalue weighted by atomic mass is 16.5. The Morgan fingerprint density at radius 2 is 2.08 bits per heavy atom. The van der Waals surface area contributed by atoms with Gasteiger partial charge in [0.1, 0.15) is 5.76 Å². The molecule has 0 aromatic heterocycles. The van der Waals surface area contributed by atoms with Gasteiger partial charge in [-0.15, -0.1) is 0 Å². The molecule has 0 unspecified atom stereocenters. The quantitative estimate of drug-likeness (QED) is 0.356. The zero-order valence-electron chi connectivity index (χ0n) is 7.87. The molecule has 2 nitrogen and oxygen atoms in total. The molecule has 0 amide bonds. The second-order valence-electron chi connectivity index (χ2n) is 2.21. The first-order chi connectivity index (χ1) is 5.74. The maximum absolute atomic E-state index is 5.03. The topological polar surface area (TPSA) is 21.6 Å². The van der Waals surface area contributed by atoms with Gasteiger partial charge < -0.3 is 4.74 Å². The molecule has 0 N–H and O–H groups in total. The van der Waals surface area contributed by atoms with E-state index in [0.29, 0.717) is 0 Å². The number of hydrogen-bond acceptors (Lipinski definition) is 2. The molecule has 0 heterocycles. The van der Waals surface area contributed by atoms with E-state index in [2.05, 4.69) is 11.6 Å². The first kappa shape index (κ1) is 10.7. The third kappa shape index (κ3) is 4.50. The maximum atomic E-state index is 5.03. The van der Waals surface area contributed by atoms with E-state index >= 15 is 0 Å². The number of nitrogens with zero attached hydrogens (tertiary/aromatic N) is 1. The molecule has 0 aromatic rings. The van der Waals surface area contributed by atoms with Crippen molar-refractivity contribution in [2.45, 2.75) is 6.92 Å². The van der Waals surface area contributed by atoms with E-state index in [-0.39, 0.29) is 0 Å². The molecular weight excluding hydrogens is 150 g/mol. The smallest absolute Gasteiger partial charge is 0.118 e. The number of allylic oxidation sites excluding steroid dienone is 4. The summed E-state index contributed by atoms with van der Waals surface area (Å²) in [4.78, 5) is 3.98. The number of hydrogen-bond donors (Lipinski definition) is 0. The van der Waals surface area contributed by atoms with E-state index < -0.39 is 0 Å². The van der Waals surface area contributed by atoms with Crippen LogP contribution in [0.15, 0.2) is 41.6 Å². The minimum Gasteiger partial charge on any atom is -0.497 e.